The van der Waals surface area contributed by atoms with Gasteiger partial charge in [-0.15, -0.1) is 5.10 Å². The molecule has 6 nitrogen and oxygen atoms in total. The van der Waals surface area contributed by atoms with Crippen molar-refractivity contribution in [2.75, 3.05) is 11.9 Å². The maximum Gasteiger partial charge on any atom is 0.356 e. The van der Waals surface area contributed by atoms with E-state index in [-0.39, 0.29) is 5.69 Å². The number of anilines is 1. The van der Waals surface area contributed by atoms with E-state index >= 15 is 0 Å². The predicted molar refractivity (Wildman–Crippen MR) is 59.0 cm³/mol. The highest BCUT2D eigenvalue weighted by Gasteiger charge is 2.21. The SMILES string of the molecule is O=C(O)c1cn2nc(NCC3CC3)sc2n1. The van der Waals surface area contributed by atoms with Crippen LogP contribution in [-0.2, 0) is 0 Å². The molecule has 0 radical (unpaired) electrons. The summed E-state index contributed by atoms with van der Waals surface area (Å²) in [5.74, 6) is -0.240. The van der Waals surface area contributed by atoms with E-state index in [4.69, 9.17) is 5.11 Å². The third kappa shape index (κ3) is 1.73. The molecular weight excluding hydrogens is 228 g/mol. The van der Waals surface area contributed by atoms with Crippen LogP contribution in [0.2, 0.25) is 0 Å². The molecule has 1 saturated carbocycles. The summed E-state index contributed by atoms with van der Waals surface area (Å²) in [7, 11) is 0. The molecule has 0 atom stereocenters. The first-order valence-electron chi connectivity index (χ1n) is 5.06. The summed E-state index contributed by atoms with van der Waals surface area (Å²) in [4.78, 5) is 15.2. The highest BCUT2D eigenvalue weighted by atomic mass is 32.1. The lowest BCUT2D eigenvalue weighted by Crippen LogP contribution is -2.03. The third-order valence-corrected chi connectivity index (χ3v) is 3.38. The van der Waals surface area contributed by atoms with Crippen molar-refractivity contribution in [3.63, 3.8) is 0 Å². The molecule has 2 aromatic rings. The zero-order valence-electron chi connectivity index (χ0n) is 8.38. The molecule has 0 bridgehead atoms. The second kappa shape index (κ2) is 3.44. The molecule has 2 aromatic heterocycles. The zero-order chi connectivity index (χ0) is 11.1. The van der Waals surface area contributed by atoms with Gasteiger partial charge in [-0.2, -0.15) is 0 Å². The molecule has 1 aliphatic rings. The number of aromatic nitrogens is 3. The fourth-order valence-corrected chi connectivity index (χ4v) is 2.22. The van der Waals surface area contributed by atoms with Crippen molar-refractivity contribution in [3.05, 3.63) is 11.9 Å². The lowest BCUT2D eigenvalue weighted by Gasteiger charge is -1.97. The number of carbonyl (C=O) groups is 1. The van der Waals surface area contributed by atoms with Gasteiger partial charge in [-0.25, -0.2) is 14.3 Å². The summed E-state index contributed by atoms with van der Waals surface area (Å²) in [6.45, 7) is 0.947. The second-order valence-corrected chi connectivity index (χ2v) is 4.85. The van der Waals surface area contributed by atoms with E-state index in [1.54, 1.807) is 0 Å². The standard InChI is InChI=1S/C9H10N4O2S/c14-7(15)6-4-13-9(11-6)16-8(12-13)10-3-5-1-2-5/h4-5H,1-3H2,(H,10,12)(H,14,15). The number of carboxylic acid groups (broad SMARTS) is 1. The van der Waals surface area contributed by atoms with Gasteiger partial charge in [-0.05, 0) is 18.8 Å². The number of nitrogens with one attached hydrogen (secondary N) is 1. The van der Waals surface area contributed by atoms with Crippen LogP contribution in [-0.4, -0.2) is 32.2 Å². The lowest BCUT2D eigenvalue weighted by atomic mass is 10.4. The van der Waals surface area contributed by atoms with Gasteiger partial charge in [0.1, 0.15) is 0 Å². The van der Waals surface area contributed by atoms with Crippen LogP contribution in [0.3, 0.4) is 0 Å². The number of nitrogens with zero attached hydrogens (tertiary/aromatic N) is 3. The molecule has 2 N–H and O–H groups in total. The van der Waals surface area contributed by atoms with E-state index in [1.165, 1.54) is 34.9 Å². The summed E-state index contributed by atoms with van der Waals surface area (Å²) in [5.41, 5.74) is 0.0347. The molecule has 1 fully saturated rings. The Hall–Kier alpha value is -1.63. The first-order valence-corrected chi connectivity index (χ1v) is 5.87. The number of rotatable bonds is 4. The fourth-order valence-electron chi connectivity index (χ4n) is 1.43. The van der Waals surface area contributed by atoms with Gasteiger partial charge in [0.05, 0.1) is 6.20 Å². The van der Waals surface area contributed by atoms with Crippen molar-refractivity contribution in [3.8, 4) is 0 Å². The highest BCUT2D eigenvalue weighted by Crippen LogP contribution is 2.29. The normalized spacial score (nSPS) is 15.5. The average molecular weight is 238 g/mol. The first-order chi connectivity index (χ1) is 7.72. The Morgan fingerprint density at radius 1 is 1.69 bits per heavy atom. The second-order valence-electron chi connectivity index (χ2n) is 3.89. The van der Waals surface area contributed by atoms with E-state index in [0.29, 0.717) is 4.96 Å². The summed E-state index contributed by atoms with van der Waals surface area (Å²) in [5, 5.41) is 17.0. The molecule has 84 valence electrons. The number of carboxylic acids is 1. The van der Waals surface area contributed by atoms with Gasteiger partial charge in [0.2, 0.25) is 10.1 Å². The number of hydrogen-bond acceptors (Lipinski definition) is 5. The first kappa shape index (κ1) is 9.59. The monoisotopic (exact) mass is 238 g/mol. The van der Waals surface area contributed by atoms with Gasteiger partial charge in [-0.3, -0.25) is 0 Å². The van der Waals surface area contributed by atoms with Crippen molar-refractivity contribution >= 4 is 27.4 Å². The smallest absolute Gasteiger partial charge is 0.356 e. The van der Waals surface area contributed by atoms with Crippen molar-refractivity contribution < 1.29 is 9.90 Å². The lowest BCUT2D eigenvalue weighted by molar-refractivity contribution is 0.0691. The molecule has 0 amide bonds. The van der Waals surface area contributed by atoms with Crippen molar-refractivity contribution in [1.29, 1.82) is 0 Å². The van der Waals surface area contributed by atoms with Crippen LogP contribution >= 0.6 is 11.3 Å². The van der Waals surface area contributed by atoms with Crippen molar-refractivity contribution in [2.45, 2.75) is 12.8 Å². The Morgan fingerprint density at radius 3 is 3.12 bits per heavy atom. The molecular formula is C9H10N4O2S. The average Bonchev–Trinajstić information content (AvgIpc) is 2.84. The van der Waals surface area contributed by atoms with Crippen LogP contribution in [0, 0.1) is 5.92 Å². The zero-order valence-corrected chi connectivity index (χ0v) is 9.20. The Bertz CT molecular complexity index is 511. The van der Waals surface area contributed by atoms with Crippen LogP contribution in [0.5, 0.6) is 0 Å². The van der Waals surface area contributed by atoms with Crippen LogP contribution < -0.4 is 5.32 Å². The maximum atomic E-state index is 10.7. The minimum atomic E-state index is -1.02. The van der Waals surface area contributed by atoms with E-state index in [9.17, 15) is 4.79 Å². The molecule has 0 unspecified atom stereocenters. The predicted octanol–water partition coefficient (Wildman–Crippen LogP) is 1.31. The molecule has 0 saturated heterocycles. The molecule has 7 heteroatoms. The van der Waals surface area contributed by atoms with Crippen molar-refractivity contribution in [1.82, 2.24) is 14.6 Å². The number of imidazole rings is 1. The molecule has 16 heavy (non-hydrogen) atoms. The van der Waals surface area contributed by atoms with Crippen molar-refractivity contribution in [2.24, 2.45) is 5.92 Å². The fraction of sp³-hybridized carbons (Fsp3) is 0.444. The minimum Gasteiger partial charge on any atom is -0.476 e. The molecule has 2 heterocycles. The molecule has 1 aliphatic carbocycles. The van der Waals surface area contributed by atoms with Gasteiger partial charge in [0.15, 0.2) is 5.69 Å². The van der Waals surface area contributed by atoms with Gasteiger partial charge < -0.3 is 10.4 Å². The van der Waals surface area contributed by atoms with Gasteiger partial charge >= 0.3 is 5.97 Å². The Balaban J connectivity index is 1.80. The van der Waals surface area contributed by atoms with Crippen LogP contribution in [0.15, 0.2) is 6.20 Å². The largest absolute Gasteiger partial charge is 0.476 e. The van der Waals surface area contributed by atoms with Crippen LogP contribution in [0.4, 0.5) is 5.13 Å². The molecule has 3 rings (SSSR count). The van der Waals surface area contributed by atoms with Crippen LogP contribution in [0.25, 0.3) is 4.96 Å². The number of hydrogen-bond donors (Lipinski definition) is 2. The van der Waals surface area contributed by atoms with E-state index in [0.717, 1.165) is 17.6 Å². The topological polar surface area (TPSA) is 79.5 Å². The minimum absolute atomic E-state index is 0.0347. The van der Waals surface area contributed by atoms with Crippen LogP contribution in [0.1, 0.15) is 23.3 Å². The summed E-state index contributed by atoms with van der Waals surface area (Å²) < 4.78 is 1.50. The van der Waals surface area contributed by atoms with Gasteiger partial charge in [0.25, 0.3) is 0 Å². The van der Waals surface area contributed by atoms with Gasteiger partial charge in [-0.1, -0.05) is 11.3 Å². The van der Waals surface area contributed by atoms with Gasteiger partial charge in [0, 0.05) is 6.54 Å². The highest BCUT2D eigenvalue weighted by molar-refractivity contribution is 7.20. The Kier molecular flexibility index (Phi) is 2.06. The Labute approximate surface area is 94.9 Å². The molecule has 0 aliphatic heterocycles. The summed E-state index contributed by atoms with van der Waals surface area (Å²) in [6.07, 6.45) is 4.01. The molecule has 0 aromatic carbocycles. The quantitative estimate of drug-likeness (QED) is 0.839. The number of fused-ring (bicyclic) bond motifs is 1. The molecule has 0 spiro atoms. The van der Waals surface area contributed by atoms with E-state index in [1.807, 2.05) is 0 Å². The maximum absolute atomic E-state index is 10.7. The Morgan fingerprint density at radius 2 is 2.50 bits per heavy atom. The summed E-state index contributed by atoms with van der Waals surface area (Å²) >= 11 is 1.37. The van der Waals surface area contributed by atoms with E-state index < -0.39 is 5.97 Å². The number of aromatic carboxylic acids is 1. The van der Waals surface area contributed by atoms with E-state index in [2.05, 4.69) is 15.4 Å². The summed E-state index contributed by atoms with van der Waals surface area (Å²) in [6, 6.07) is 0. The third-order valence-electron chi connectivity index (χ3n) is 2.50.